The Morgan fingerprint density at radius 2 is 2.25 bits per heavy atom. The molecule has 20 heavy (non-hydrogen) atoms. The van der Waals surface area contributed by atoms with E-state index in [9.17, 15) is 10.1 Å². The maximum Gasteiger partial charge on any atom is 0.353 e. The van der Waals surface area contributed by atoms with Gasteiger partial charge in [0.05, 0.1) is 4.92 Å². The molecule has 8 heteroatoms. The summed E-state index contributed by atoms with van der Waals surface area (Å²) >= 11 is 0. The van der Waals surface area contributed by atoms with Gasteiger partial charge in [0.25, 0.3) is 0 Å². The van der Waals surface area contributed by atoms with Crippen molar-refractivity contribution >= 4 is 17.3 Å². The van der Waals surface area contributed by atoms with Crippen LogP contribution in [0.15, 0.2) is 6.33 Å². The van der Waals surface area contributed by atoms with Crippen molar-refractivity contribution in [2.45, 2.75) is 25.8 Å². The van der Waals surface area contributed by atoms with Gasteiger partial charge in [-0.05, 0) is 33.4 Å². The van der Waals surface area contributed by atoms with Crippen molar-refractivity contribution in [3.63, 3.8) is 0 Å². The SMILES string of the molecule is CCNc1ncnc(NC2CCCN(C)C2)c1[N+](=O)[O-]. The van der Waals surface area contributed by atoms with E-state index in [0.717, 1.165) is 25.9 Å². The minimum Gasteiger partial charge on any atom is -0.364 e. The Balaban J connectivity index is 2.21. The Hall–Kier alpha value is -1.96. The van der Waals surface area contributed by atoms with Crippen LogP contribution in [0.25, 0.3) is 0 Å². The topological polar surface area (TPSA) is 96.2 Å². The third kappa shape index (κ3) is 3.32. The van der Waals surface area contributed by atoms with Gasteiger partial charge >= 0.3 is 5.69 Å². The van der Waals surface area contributed by atoms with E-state index in [2.05, 4.69) is 25.5 Å². The first kappa shape index (κ1) is 14.4. The zero-order valence-corrected chi connectivity index (χ0v) is 11.8. The van der Waals surface area contributed by atoms with E-state index in [1.54, 1.807) is 0 Å². The quantitative estimate of drug-likeness (QED) is 0.620. The molecule has 1 fully saturated rings. The van der Waals surface area contributed by atoms with Gasteiger partial charge in [-0.25, -0.2) is 9.97 Å². The summed E-state index contributed by atoms with van der Waals surface area (Å²) < 4.78 is 0. The molecule has 1 aromatic rings. The van der Waals surface area contributed by atoms with Crippen LogP contribution in [0.5, 0.6) is 0 Å². The number of nitrogens with zero attached hydrogens (tertiary/aromatic N) is 4. The van der Waals surface area contributed by atoms with Crippen LogP contribution >= 0.6 is 0 Å². The Bertz CT molecular complexity index is 481. The number of likely N-dealkylation sites (tertiary alicyclic amines) is 1. The van der Waals surface area contributed by atoms with E-state index < -0.39 is 4.92 Å². The first-order valence-corrected chi connectivity index (χ1v) is 6.80. The Morgan fingerprint density at radius 1 is 1.50 bits per heavy atom. The van der Waals surface area contributed by atoms with Crippen LogP contribution in [-0.4, -0.2) is 52.5 Å². The second-order valence-electron chi connectivity index (χ2n) is 4.95. The highest BCUT2D eigenvalue weighted by atomic mass is 16.6. The number of rotatable bonds is 5. The third-order valence-corrected chi connectivity index (χ3v) is 3.31. The maximum atomic E-state index is 11.3. The molecular weight excluding hydrogens is 260 g/mol. The molecule has 2 heterocycles. The van der Waals surface area contributed by atoms with Crippen molar-refractivity contribution in [2.24, 2.45) is 0 Å². The molecule has 2 rings (SSSR count). The van der Waals surface area contributed by atoms with Crippen molar-refractivity contribution in [1.29, 1.82) is 0 Å². The van der Waals surface area contributed by atoms with Crippen molar-refractivity contribution in [1.82, 2.24) is 14.9 Å². The number of nitrogens with one attached hydrogen (secondary N) is 2. The summed E-state index contributed by atoms with van der Waals surface area (Å²) in [4.78, 5) is 21.0. The summed E-state index contributed by atoms with van der Waals surface area (Å²) in [6.45, 7) is 4.36. The Morgan fingerprint density at radius 3 is 2.90 bits per heavy atom. The van der Waals surface area contributed by atoms with E-state index >= 15 is 0 Å². The summed E-state index contributed by atoms with van der Waals surface area (Å²) in [5.74, 6) is 0.556. The number of hydrogen-bond donors (Lipinski definition) is 2. The van der Waals surface area contributed by atoms with Crippen LogP contribution in [0, 0.1) is 10.1 Å². The molecule has 1 saturated heterocycles. The molecule has 0 amide bonds. The van der Waals surface area contributed by atoms with Gasteiger partial charge in [-0.15, -0.1) is 0 Å². The van der Waals surface area contributed by atoms with Gasteiger partial charge in [0, 0.05) is 19.1 Å². The molecule has 0 radical (unpaired) electrons. The molecule has 1 aliphatic rings. The second-order valence-corrected chi connectivity index (χ2v) is 4.95. The molecule has 1 aliphatic heterocycles. The highest BCUT2D eigenvalue weighted by molar-refractivity contribution is 5.69. The van der Waals surface area contributed by atoms with Crippen LogP contribution in [-0.2, 0) is 0 Å². The van der Waals surface area contributed by atoms with Gasteiger partial charge in [0.2, 0.25) is 11.6 Å². The Labute approximate surface area is 117 Å². The predicted octanol–water partition coefficient (Wildman–Crippen LogP) is 1.32. The summed E-state index contributed by atoms with van der Waals surface area (Å²) in [6.07, 6.45) is 3.41. The molecule has 2 N–H and O–H groups in total. The average Bonchev–Trinajstić information content (AvgIpc) is 2.39. The lowest BCUT2D eigenvalue weighted by Crippen LogP contribution is -2.40. The number of anilines is 2. The molecule has 8 nitrogen and oxygen atoms in total. The van der Waals surface area contributed by atoms with E-state index in [1.807, 2.05) is 14.0 Å². The summed E-state index contributed by atoms with van der Waals surface area (Å²) in [6, 6.07) is 0.178. The summed E-state index contributed by atoms with van der Waals surface area (Å²) in [5.41, 5.74) is -0.0809. The molecule has 1 aromatic heterocycles. The van der Waals surface area contributed by atoms with E-state index in [0.29, 0.717) is 12.4 Å². The normalized spacial score (nSPS) is 19.6. The second kappa shape index (κ2) is 6.47. The zero-order chi connectivity index (χ0) is 14.5. The van der Waals surface area contributed by atoms with Gasteiger partial charge in [-0.3, -0.25) is 10.1 Å². The first-order valence-electron chi connectivity index (χ1n) is 6.80. The van der Waals surface area contributed by atoms with Crippen molar-refractivity contribution in [2.75, 3.05) is 37.3 Å². The van der Waals surface area contributed by atoms with Crippen molar-refractivity contribution in [3.05, 3.63) is 16.4 Å². The molecular formula is C12H20N6O2. The van der Waals surface area contributed by atoms with Crippen LogP contribution < -0.4 is 10.6 Å². The maximum absolute atomic E-state index is 11.3. The predicted molar refractivity (Wildman–Crippen MR) is 77.0 cm³/mol. The molecule has 0 aromatic carbocycles. The minimum absolute atomic E-state index is 0.0809. The molecule has 110 valence electrons. The molecule has 0 saturated carbocycles. The lowest BCUT2D eigenvalue weighted by Gasteiger charge is -2.30. The van der Waals surface area contributed by atoms with Crippen LogP contribution in [0.2, 0.25) is 0 Å². The number of nitro groups is 1. The fourth-order valence-electron chi connectivity index (χ4n) is 2.43. The van der Waals surface area contributed by atoms with Crippen molar-refractivity contribution < 1.29 is 4.92 Å². The summed E-state index contributed by atoms with van der Waals surface area (Å²) in [5, 5.41) is 17.3. The highest BCUT2D eigenvalue weighted by Gasteiger charge is 2.26. The highest BCUT2D eigenvalue weighted by Crippen LogP contribution is 2.29. The van der Waals surface area contributed by atoms with E-state index in [4.69, 9.17) is 0 Å². The molecule has 1 unspecified atom stereocenters. The average molecular weight is 280 g/mol. The fourth-order valence-corrected chi connectivity index (χ4v) is 2.43. The van der Waals surface area contributed by atoms with Gasteiger partial charge in [0.15, 0.2) is 0 Å². The number of hydrogen-bond acceptors (Lipinski definition) is 7. The zero-order valence-electron chi connectivity index (χ0n) is 11.8. The third-order valence-electron chi connectivity index (χ3n) is 3.31. The van der Waals surface area contributed by atoms with Crippen LogP contribution in [0.4, 0.5) is 17.3 Å². The van der Waals surface area contributed by atoms with Crippen LogP contribution in [0.1, 0.15) is 19.8 Å². The lowest BCUT2D eigenvalue weighted by molar-refractivity contribution is -0.383. The fraction of sp³-hybridized carbons (Fsp3) is 0.667. The largest absolute Gasteiger partial charge is 0.364 e. The number of aromatic nitrogens is 2. The van der Waals surface area contributed by atoms with Gasteiger partial charge in [-0.1, -0.05) is 0 Å². The minimum atomic E-state index is -0.438. The van der Waals surface area contributed by atoms with Gasteiger partial charge in [-0.2, -0.15) is 0 Å². The number of piperidine rings is 1. The first-order chi connectivity index (χ1) is 9.61. The summed E-state index contributed by atoms with van der Waals surface area (Å²) in [7, 11) is 2.05. The molecule has 1 atom stereocenters. The smallest absolute Gasteiger partial charge is 0.353 e. The van der Waals surface area contributed by atoms with E-state index in [1.165, 1.54) is 6.33 Å². The molecule has 0 bridgehead atoms. The van der Waals surface area contributed by atoms with Gasteiger partial charge < -0.3 is 15.5 Å². The van der Waals surface area contributed by atoms with Crippen molar-refractivity contribution in [3.8, 4) is 0 Å². The Kier molecular flexibility index (Phi) is 4.67. The van der Waals surface area contributed by atoms with E-state index in [-0.39, 0.29) is 17.5 Å². The van der Waals surface area contributed by atoms with Crippen LogP contribution in [0.3, 0.4) is 0 Å². The molecule has 0 aliphatic carbocycles. The number of likely N-dealkylation sites (N-methyl/N-ethyl adjacent to an activating group) is 1. The monoisotopic (exact) mass is 280 g/mol. The molecule has 0 spiro atoms. The standard InChI is InChI=1S/C12H20N6O2/c1-3-13-11-10(18(19)20)12(15-8-14-11)16-9-5-4-6-17(2)7-9/h8-9H,3-7H2,1-2H3,(H2,13,14,15,16). The lowest BCUT2D eigenvalue weighted by atomic mass is 10.1. The van der Waals surface area contributed by atoms with Gasteiger partial charge in [0.1, 0.15) is 6.33 Å².